The molecule has 1 heteroatoms. The van der Waals surface area contributed by atoms with E-state index in [9.17, 15) is 5.11 Å². The van der Waals surface area contributed by atoms with E-state index < -0.39 is 0 Å². The molecule has 0 aliphatic heterocycles. The van der Waals surface area contributed by atoms with E-state index in [2.05, 4.69) is 13.0 Å². The van der Waals surface area contributed by atoms with Crippen molar-refractivity contribution >= 4 is 0 Å². The standard InChI is InChI=1S/C11H18O/c1-11-6-3-2-4-9(11)8-10(12)5-7-11/h4,10,12H,2-3,5-8H2,1H3/t10-,11-/m0/s1. The molecule has 1 nitrogen and oxygen atoms in total. The van der Waals surface area contributed by atoms with Crippen molar-refractivity contribution in [2.24, 2.45) is 5.41 Å². The van der Waals surface area contributed by atoms with E-state index in [1.807, 2.05) is 0 Å². The summed E-state index contributed by atoms with van der Waals surface area (Å²) in [6.45, 7) is 2.36. The largest absolute Gasteiger partial charge is 0.393 e. The summed E-state index contributed by atoms with van der Waals surface area (Å²) in [5, 5.41) is 9.52. The Bertz CT molecular complexity index is 207. The number of fused-ring (bicyclic) bond motifs is 1. The van der Waals surface area contributed by atoms with Gasteiger partial charge in [-0.15, -0.1) is 0 Å². The highest BCUT2D eigenvalue weighted by Gasteiger charge is 2.35. The first-order valence-corrected chi connectivity index (χ1v) is 5.08. The van der Waals surface area contributed by atoms with Crippen molar-refractivity contribution in [2.45, 2.75) is 51.6 Å². The molecule has 2 atom stereocenters. The molecule has 2 aliphatic rings. The second-order valence-electron chi connectivity index (χ2n) is 4.58. The molecule has 0 heterocycles. The second-order valence-corrected chi connectivity index (χ2v) is 4.58. The molecule has 0 aromatic heterocycles. The van der Waals surface area contributed by atoms with E-state index >= 15 is 0 Å². The lowest BCUT2D eigenvalue weighted by Crippen LogP contribution is -2.31. The Balaban J connectivity index is 2.19. The van der Waals surface area contributed by atoms with E-state index in [0.717, 1.165) is 12.8 Å². The summed E-state index contributed by atoms with van der Waals surface area (Å²) in [6, 6.07) is 0. The number of aliphatic hydroxyl groups is 1. The van der Waals surface area contributed by atoms with Crippen LogP contribution < -0.4 is 0 Å². The lowest BCUT2D eigenvalue weighted by molar-refractivity contribution is 0.104. The fourth-order valence-corrected chi connectivity index (χ4v) is 2.63. The monoisotopic (exact) mass is 166 g/mol. The van der Waals surface area contributed by atoms with Gasteiger partial charge in [-0.25, -0.2) is 0 Å². The Hall–Kier alpha value is -0.300. The third kappa shape index (κ3) is 1.31. The van der Waals surface area contributed by atoms with Crippen LogP contribution in [0.3, 0.4) is 0 Å². The summed E-state index contributed by atoms with van der Waals surface area (Å²) in [6.07, 6.45) is 9.37. The highest BCUT2D eigenvalue weighted by Crippen LogP contribution is 2.46. The van der Waals surface area contributed by atoms with Crippen LogP contribution in [-0.4, -0.2) is 11.2 Å². The molecular formula is C11H18O. The first-order valence-electron chi connectivity index (χ1n) is 5.08. The van der Waals surface area contributed by atoms with Crippen LogP contribution in [0.25, 0.3) is 0 Å². The van der Waals surface area contributed by atoms with Gasteiger partial charge >= 0.3 is 0 Å². The van der Waals surface area contributed by atoms with Gasteiger partial charge in [-0.2, -0.15) is 0 Å². The molecule has 0 bridgehead atoms. The van der Waals surface area contributed by atoms with Crippen molar-refractivity contribution in [1.82, 2.24) is 0 Å². The van der Waals surface area contributed by atoms with Gasteiger partial charge in [0.05, 0.1) is 6.10 Å². The van der Waals surface area contributed by atoms with Crippen LogP contribution in [0.2, 0.25) is 0 Å². The molecule has 0 saturated heterocycles. The van der Waals surface area contributed by atoms with Crippen LogP contribution in [-0.2, 0) is 0 Å². The predicted molar refractivity (Wildman–Crippen MR) is 49.9 cm³/mol. The lowest BCUT2D eigenvalue weighted by atomic mass is 9.65. The van der Waals surface area contributed by atoms with Gasteiger partial charge in [0.25, 0.3) is 0 Å². The molecule has 0 amide bonds. The fourth-order valence-electron chi connectivity index (χ4n) is 2.63. The normalized spacial score (nSPS) is 41.8. The minimum absolute atomic E-state index is 0.0533. The van der Waals surface area contributed by atoms with Gasteiger partial charge in [0, 0.05) is 0 Å². The number of hydrogen-bond donors (Lipinski definition) is 1. The van der Waals surface area contributed by atoms with Crippen LogP contribution in [0.4, 0.5) is 0 Å². The predicted octanol–water partition coefficient (Wildman–Crippen LogP) is 2.65. The summed E-state index contributed by atoms with van der Waals surface area (Å²) in [5.41, 5.74) is 1.99. The average molecular weight is 166 g/mol. The van der Waals surface area contributed by atoms with E-state index in [4.69, 9.17) is 0 Å². The van der Waals surface area contributed by atoms with Gasteiger partial charge in [-0.3, -0.25) is 0 Å². The van der Waals surface area contributed by atoms with Crippen LogP contribution >= 0.6 is 0 Å². The Labute approximate surface area is 74.5 Å². The maximum Gasteiger partial charge on any atom is 0.0577 e. The quantitative estimate of drug-likeness (QED) is 0.548. The molecule has 1 fully saturated rings. The van der Waals surface area contributed by atoms with Crippen molar-refractivity contribution < 1.29 is 5.11 Å². The zero-order valence-electron chi connectivity index (χ0n) is 7.84. The van der Waals surface area contributed by atoms with Crippen LogP contribution in [0.15, 0.2) is 11.6 Å². The molecule has 1 N–H and O–H groups in total. The summed E-state index contributed by atoms with van der Waals surface area (Å²) in [4.78, 5) is 0. The highest BCUT2D eigenvalue weighted by atomic mass is 16.3. The Morgan fingerprint density at radius 1 is 1.50 bits per heavy atom. The molecule has 0 unspecified atom stereocenters. The average Bonchev–Trinajstić information content (AvgIpc) is 2.06. The van der Waals surface area contributed by atoms with Crippen LogP contribution in [0.5, 0.6) is 0 Å². The van der Waals surface area contributed by atoms with Gasteiger partial charge < -0.3 is 5.11 Å². The third-order valence-electron chi connectivity index (χ3n) is 3.58. The molecular weight excluding hydrogens is 148 g/mol. The number of rotatable bonds is 0. The first kappa shape index (κ1) is 8.31. The van der Waals surface area contributed by atoms with Crippen molar-refractivity contribution in [1.29, 1.82) is 0 Å². The Morgan fingerprint density at radius 3 is 3.17 bits per heavy atom. The zero-order valence-corrected chi connectivity index (χ0v) is 7.84. The van der Waals surface area contributed by atoms with Gasteiger partial charge in [-0.1, -0.05) is 18.6 Å². The minimum atomic E-state index is -0.0533. The lowest BCUT2D eigenvalue weighted by Gasteiger charge is -2.41. The topological polar surface area (TPSA) is 20.2 Å². The molecule has 1 saturated carbocycles. The summed E-state index contributed by atoms with van der Waals surface area (Å²) < 4.78 is 0. The van der Waals surface area contributed by atoms with Crippen molar-refractivity contribution in [3.8, 4) is 0 Å². The Kier molecular flexibility index (Phi) is 1.99. The van der Waals surface area contributed by atoms with E-state index in [0.29, 0.717) is 5.41 Å². The maximum atomic E-state index is 9.52. The van der Waals surface area contributed by atoms with Crippen LogP contribution in [0.1, 0.15) is 45.4 Å². The molecule has 0 spiro atoms. The van der Waals surface area contributed by atoms with Crippen molar-refractivity contribution in [3.63, 3.8) is 0 Å². The second kappa shape index (κ2) is 2.88. The smallest absolute Gasteiger partial charge is 0.0577 e. The molecule has 12 heavy (non-hydrogen) atoms. The van der Waals surface area contributed by atoms with Gasteiger partial charge in [0.15, 0.2) is 0 Å². The summed E-state index contributed by atoms with van der Waals surface area (Å²) in [5.74, 6) is 0. The molecule has 0 aromatic rings. The molecule has 2 rings (SSSR count). The van der Waals surface area contributed by atoms with E-state index in [-0.39, 0.29) is 6.10 Å². The third-order valence-corrected chi connectivity index (χ3v) is 3.58. The maximum absolute atomic E-state index is 9.52. The summed E-state index contributed by atoms with van der Waals surface area (Å²) >= 11 is 0. The molecule has 2 aliphatic carbocycles. The van der Waals surface area contributed by atoms with Gasteiger partial charge in [0.1, 0.15) is 0 Å². The van der Waals surface area contributed by atoms with Gasteiger partial charge in [0.2, 0.25) is 0 Å². The summed E-state index contributed by atoms with van der Waals surface area (Å²) in [7, 11) is 0. The van der Waals surface area contributed by atoms with E-state index in [1.165, 1.54) is 31.3 Å². The molecule has 0 radical (unpaired) electrons. The Morgan fingerprint density at radius 2 is 2.33 bits per heavy atom. The first-order chi connectivity index (χ1) is 5.71. The van der Waals surface area contributed by atoms with Gasteiger partial charge in [-0.05, 0) is 43.9 Å². The van der Waals surface area contributed by atoms with Crippen molar-refractivity contribution in [2.75, 3.05) is 0 Å². The molecule has 68 valence electrons. The zero-order chi connectivity index (χ0) is 8.60. The number of allylic oxidation sites excluding steroid dienone is 1. The minimum Gasteiger partial charge on any atom is -0.393 e. The van der Waals surface area contributed by atoms with Crippen LogP contribution in [0, 0.1) is 5.41 Å². The van der Waals surface area contributed by atoms with E-state index in [1.54, 1.807) is 0 Å². The fraction of sp³-hybridized carbons (Fsp3) is 0.818. The number of hydrogen-bond acceptors (Lipinski definition) is 1. The van der Waals surface area contributed by atoms with Crippen molar-refractivity contribution in [3.05, 3.63) is 11.6 Å². The number of aliphatic hydroxyl groups excluding tert-OH is 1. The highest BCUT2D eigenvalue weighted by molar-refractivity contribution is 5.19. The SMILES string of the molecule is C[C@@]12CCCC=C1C[C@@H](O)CC2. The molecule has 0 aromatic carbocycles.